The van der Waals surface area contributed by atoms with Gasteiger partial charge >= 0.3 is 0 Å². The maximum atomic E-state index is 3.74. The van der Waals surface area contributed by atoms with Crippen molar-refractivity contribution in [3.63, 3.8) is 0 Å². The van der Waals surface area contributed by atoms with Crippen LogP contribution in [-0.2, 0) is 0 Å². The lowest BCUT2D eigenvalue weighted by Gasteiger charge is -2.06. The lowest BCUT2D eigenvalue weighted by Crippen LogP contribution is -2.08. The Morgan fingerprint density at radius 1 is 1.38 bits per heavy atom. The molecule has 0 bridgehead atoms. The predicted molar refractivity (Wildman–Crippen MR) is 71.0 cm³/mol. The quantitative estimate of drug-likeness (QED) is 0.823. The number of aromatic amines is 1. The van der Waals surface area contributed by atoms with E-state index in [0.29, 0.717) is 5.92 Å². The molecule has 0 spiro atoms. The second-order valence-corrected chi connectivity index (χ2v) is 5.33. The largest absolute Gasteiger partial charge is 0.357 e. The maximum Gasteiger partial charge on any atom is 0.0497 e. The van der Waals surface area contributed by atoms with E-state index >= 15 is 0 Å². The molecular formula is C13H15BrN2. The number of rotatable bonds is 1. The molecule has 2 nitrogen and oxygen atoms in total. The summed E-state index contributed by atoms with van der Waals surface area (Å²) in [6.07, 6.45) is 1.23. The van der Waals surface area contributed by atoms with Crippen LogP contribution in [0.2, 0.25) is 0 Å². The van der Waals surface area contributed by atoms with Gasteiger partial charge in [0.15, 0.2) is 0 Å². The van der Waals surface area contributed by atoms with Gasteiger partial charge in [0.05, 0.1) is 0 Å². The van der Waals surface area contributed by atoms with E-state index in [4.69, 9.17) is 0 Å². The molecular weight excluding hydrogens is 264 g/mol. The van der Waals surface area contributed by atoms with Crippen LogP contribution >= 0.6 is 15.9 Å². The molecule has 1 atom stereocenters. The molecule has 3 rings (SSSR count). The summed E-state index contributed by atoms with van der Waals surface area (Å²) in [4.78, 5) is 3.59. The molecule has 0 aliphatic carbocycles. The summed E-state index contributed by atoms with van der Waals surface area (Å²) in [5.41, 5.74) is 3.95. The first kappa shape index (κ1) is 10.4. The van der Waals surface area contributed by atoms with Crippen LogP contribution in [0.1, 0.15) is 23.6 Å². The van der Waals surface area contributed by atoms with Gasteiger partial charge in [-0.05, 0) is 41.4 Å². The second-order valence-electron chi connectivity index (χ2n) is 4.54. The summed E-state index contributed by atoms with van der Waals surface area (Å²) >= 11 is 3.74. The molecule has 0 radical (unpaired) electrons. The van der Waals surface area contributed by atoms with E-state index in [-0.39, 0.29) is 0 Å². The number of nitrogens with one attached hydrogen (secondary N) is 2. The number of H-pyrrole nitrogens is 1. The van der Waals surface area contributed by atoms with Gasteiger partial charge in [-0.25, -0.2) is 0 Å². The van der Waals surface area contributed by atoms with Gasteiger partial charge in [0, 0.05) is 33.5 Å². The fraction of sp³-hybridized carbons (Fsp3) is 0.385. The molecule has 1 aliphatic heterocycles. The van der Waals surface area contributed by atoms with E-state index in [0.717, 1.165) is 13.1 Å². The Morgan fingerprint density at radius 2 is 2.25 bits per heavy atom. The van der Waals surface area contributed by atoms with Gasteiger partial charge in [0.25, 0.3) is 0 Å². The van der Waals surface area contributed by atoms with Crippen molar-refractivity contribution in [2.75, 3.05) is 13.1 Å². The second kappa shape index (κ2) is 3.90. The number of aromatic nitrogens is 1. The molecule has 84 valence electrons. The fourth-order valence-electron chi connectivity index (χ4n) is 2.53. The molecule has 1 unspecified atom stereocenters. The third-order valence-electron chi connectivity index (χ3n) is 3.47. The van der Waals surface area contributed by atoms with Crippen LogP contribution < -0.4 is 5.32 Å². The molecule has 1 fully saturated rings. The summed E-state index contributed by atoms with van der Waals surface area (Å²) < 4.78 is 1.25. The standard InChI is InChI=1S/C13H15BrN2/c1-8-3-2-4-10-11(14)13(16-12(8)10)9-5-6-15-7-9/h2-4,9,15-16H,5-7H2,1H3. The first-order valence-corrected chi connectivity index (χ1v) is 6.54. The molecule has 0 saturated carbocycles. The average molecular weight is 279 g/mol. The first-order valence-electron chi connectivity index (χ1n) is 5.75. The van der Waals surface area contributed by atoms with Gasteiger partial charge in [-0.2, -0.15) is 0 Å². The average Bonchev–Trinajstić information content (AvgIpc) is 2.88. The Labute approximate surface area is 104 Å². The zero-order valence-electron chi connectivity index (χ0n) is 9.31. The Kier molecular flexibility index (Phi) is 2.52. The molecule has 2 aromatic rings. The lowest BCUT2D eigenvalue weighted by atomic mass is 10.1. The number of fused-ring (bicyclic) bond motifs is 1. The van der Waals surface area contributed by atoms with Gasteiger partial charge in [0.2, 0.25) is 0 Å². The minimum absolute atomic E-state index is 0.626. The molecule has 3 heteroatoms. The van der Waals surface area contributed by atoms with Crippen LogP contribution in [0.5, 0.6) is 0 Å². The third-order valence-corrected chi connectivity index (χ3v) is 4.33. The van der Waals surface area contributed by atoms with Crippen molar-refractivity contribution in [3.8, 4) is 0 Å². The topological polar surface area (TPSA) is 27.8 Å². The highest BCUT2D eigenvalue weighted by Crippen LogP contribution is 2.35. The smallest absolute Gasteiger partial charge is 0.0497 e. The Balaban J connectivity index is 2.18. The van der Waals surface area contributed by atoms with Gasteiger partial charge in [-0.3, -0.25) is 0 Å². The monoisotopic (exact) mass is 278 g/mol. The van der Waals surface area contributed by atoms with Crippen LogP contribution in [-0.4, -0.2) is 18.1 Å². The summed E-state index contributed by atoms with van der Waals surface area (Å²) in [5, 5.41) is 4.72. The van der Waals surface area contributed by atoms with Gasteiger partial charge < -0.3 is 10.3 Å². The van der Waals surface area contributed by atoms with Crippen molar-refractivity contribution in [2.24, 2.45) is 0 Å². The Hall–Kier alpha value is -0.800. The van der Waals surface area contributed by atoms with Gasteiger partial charge in [-0.1, -0.05) is 18.2 Å². The van der Waals surface area contributed by atoms with E-state index in [1.54, 1.807) is 0 Å². The van der Waals surface area contributed by atoms with Crippen LogP contribution in [0, 0.1) is 6.92 Å². The molecule has 16 heavy (non-hydrogen) atoms. The number of hydrogen-bond donors (Lipinski definition) is 2. The van der Waals surface area contributed by atoms with Crippen LogP contribution in [0.15, 0.2) is 22.7 Å². The lowest BCUT2D eigenvalue weighted by molar-refractivity contribution is 0.739. The van der Waals surface area contributed by atoms with E-state index in [9.17, 15) is 0 Å². The Bertz CT molecular complexity index is 524. The van der Waals surface area contributed by atoms with Crippen molar-refractivity contribution in [2.45, 2.75) is 19.3 Å². The molecule has 1 aliphatic rings. The number of aryl methyl sites for hydroxylation is 1. The van der Waals surface area contributed by atoms with E-state index in [2.05, 4.69) is 51.4 Å². The first-order chi connectivity index (χ1) is 7.77. The number of benzene rings is 1. The van der Waals surface area contributed by atoms with E-state index in [1.165, 1.54) is 33.1 Å². The van der Waals surface area contributed by atoms with E-state index < -0.39 is 0 Å². The van der Waals surface area contributed by atoms with E-state index in [1.807, 2.05) is 0 Å². The summed E-state index contributed by atoms with van der Waals surface area (Å²) in [7, 11) is 0. The highest BCUT2D eigenvalue weighted by atomic mass is 79.9. The molecule has 1 saturated heterocycles. The summed E-state index contributed by atoms with van der Waals surface area (Å²) in [5.74, 6) is 0.626. The van der Waals surface area contributed by atoms with Crippen LogP contribution in [0.25, 0.3) is 10.9 Å². The maximum absolute atomic E-state index is 3.74. The minimum atomic E-state index is 0.626. The van der Waals surface area contributed by atoms with Gasteiger partial charge in [0.1, 0.15) is 0 Å². The predicted octanol–water partition coefficient (Wildman–Crippen LogP) is 3.32. The highest BCUT2D eigenvalue weighted by molar-refractivity contribution is 9.10. The fourth-order valence-corrected chi connectivity index (χ4v) is 3.29. The summed E-state index contributed by atoms with van der Waals surface area (Å²) in [6.45, 7) is 4.37. The van der Waals surface area contributed by atoms with Crippen molar-refractivity contribution < 1.29 is 0 Å². The number of hydrogen-bond acceptors (Lipinski definition) is 1. The number of para-hydroxylation sites is 1. The van der Waals surface area contributed by atoms with Crippen molar-refractivity contribution in [1.29, 1.82) is 0 Å². The van der Waals surface area contributed by atoms with Crippen molar-refractivity contribution in [1.82, 2.24) is 10.3 Å². The van der Waals surface area contributed by atoms with Crippen LogP contribution in [0.3, 0.4) is 0 Å². The zero-order valence-corrected chi connectivity index (χ0v) is 10.9. The zero-order chi connectivity index (χ0) is 11.1. The Morgan fingerprint density at radius 3 is 2.94 bits per heavy atom. The molecule has 0 amide bonds. The number of halogens is 1. The molecule has 1 aromatic carbocycles. The van der Waals surface area contributed by atoms with Crippen molar-refractivity contribution in [3.05, 3.63) is 33.9 Å². The van der Waals surface area contributed by atoms with Crippen LogP contribution in [0.4, 0.5) is 0 Å². The summed E-state index contributed by atoms with van der Waals surface area (Å²) in [6, 6.07) is 6.45. The van der Waals surface area contributed by atoms with Gasteiger partial charge in [-0.15, -0.1) is 0 Å². The molecule has 2 N–H and O–H groups in total. The normalized spacial score (nSPS) is 20.8. The molecule has 2 heterocycles. The third kappa shape index (κ3) is 1.50. The van der Waals surface area contributed by atoms with Crippen molar-refractivity contribution >= 4 is 26.8 Å². The SMILES string of the molecule is Cc1cccc2c(Br)c(C3CCNC3)[nH]c12. The highest BCUT2D eigenvalue weighted by Gasteiger charge is 2.22. The molecule has 1 aromatic heterocycles. The minimum Gasteiger partial charge on any atom is -0.357 e.